The Morgan fingerprint density at radius 1 is 1.75 bits per heavy atom. The van der Waals surface area contributed by atoms with Gasteiger partial charge in [0, 0.05) is 0 Å². The van der Waals surface area contributed by atoms with Crippen molar-refractivity contribution in [3.63, 3.8) is 0 Å². The Morgan fingerprint density at radius 3 is 2.75 bits per heavy atom. The van der Waals surface area contributed by atoms with E-state index in [0.29, 0.717) is 6.61 Å². The third-order valence-corrected chi connectivity index (χ3v) is 0.606. The Balaban J connectivity index is 2.82. The summed E-state index contributed by atoms with van der Waals surface area (Å²) in [5, 5.41) is 0. The highest BCUT2D eigenvalue weighted by Crippen LogP contribution is 1.83. The van der Waals surface area contributed by atoms with Crippen LogP contribution in [0.3, 0.4) is 0 Å². The average molecular weight is 140 g/mol. The van der Waals surface area contributed by atoms with Crippen molar-refractivity contribution in [1.29, 1.82) is 0 Å². The second-order valence-electron chi connectivity index (χ2n) is 1.11. The van der Waals surface area contributed by atoms with Crippen LogP contribution in [0.1, 0.15) is 13.3 Å². The van der Waals surface area contributed by atoms with Crippen LogP contribution in [0.15, 0.2) is 0 Å². The first-order valence-electron chi connectivity index (χ1n) is 2.18. The third kappa shape index (κ3) is 6.03. The van der Waals surface area contributed by atoms with E-state index in [-0.39, 0.29) is 0 Å². The number of rotatable bonds is 4. The zero-order chi connectivity index (χ0) is 6.41. The monoisotopic (exact) mass is 140 g/mol. The molecule has 0 aliphatic carbocycles. The topological polar surface area (TPSA) is 55.8 Å². The fraction of sp³-hybridized carbons (Fsp3) is 1.00. The summed E-state index contributed by atoms with van der Waals surface area (Å²) in [7, 11) is 0. The highest BCUT2D eigenvalue weighted by molar-refractivity contribution is 7.74. The van der Waals surface area contributed by atoms with Gasteiger partial charge in [0.25, 0.3) is 0 Å². The van der Waals surface area contributed by atoms with Crippen molar-refractivity contribution < 1.29 is 18.0 Å². The van der Waals surface area contributed by atoms with E-state index in [1.165, 1.54) is 0 Å². The molecule has 1 atom stereocenters. The van der Waals surface area contributed by atoms with E-state index < -0.39 is 11.4 Å². The normalized spacial score (nSPS) is 13.8. The van der Waals surface area contributed by atoms with Crippen molar-refractivity contribution in [3.05, 3.63) is 0 Å². The largest absolute Gasteiger partial charge is 0.330 e. The molecule has 0 aromatic heterocycles. The van der Waals surface area contributed by atoms with Crippen molar-refractivity contribution in [3.8, 4) is 0 Å². The van der Waals surface area contributed by atoms with Crippen molar-refractivity contribution >= 4 is 11.4 Å². The van der Waals surface area contributed by atoms with Crippen LogP contribution in [-0.4, -0.2) is 15.4 Å². The minimum Gasteiger partial charge on any atom is -0.282 e. The Morgan fingerprint density at radius 2 is 2.38 bits per heavy atom. The molecule has 0 aliphatic heterocycles. The molecule has 0 saturated carbocycles. The first-order chi connectivity index (χ1) is 3.77. The predicted octanol–water partition coefficient (Wildman–Crippen LogP) is 0.481. The van der Waals surface area contributed by atoms with Gasteiger partial charge in [0.15, 0.2) is 0 Å². The summed E-state index contributed by atoms with van der Waals surface area (Å²) < 4.78 is 21.4. The molecule has 0 spiro atoms. The van der Waals surface area contributed by atoms with Gasteiger partial charge in [-0.15, -0.1) is 4.33 Å². The van der Waals surface area contributed by atoms with Crippen LogP contribution < -0.4 is 0 Å². The lowest BCUT2D eigenvalue weighted by molar-refractivity contribution is -0.201. The van der Waals surface area contributed by atoms with Gasteiger partial charge in [0.2, 0.25) is 0 Å². The molecule has 50 valence electrons. The van der Waals surface area contributed by atoms with Gasteiger partial charge in [-0.25, -0.2) is 4.89 Å². The molecule has 8 heavy (non-hydrogen) atoms. The molecule has 1 unspecified atom stereocenters. The van der Waals surface area contributed by atoms with Crippen LogP contribution in [0.5, 0.6) is 0 Å². The van der Waals surface area contributed by atoms with Crippen LogP contribution >= 0.6 is 0 Å². The summed E-state index contributed by atoms with van der Waals surface area (Å²) in [5.41, 5.74) is 0. The van der Waals surface area contributed by atoms with E-state index in [1.807, 2.05) is 6.92 Å². The molecule has 0 aromatic rings. The summed E-state index contributed by atoms with van der Waals surface area (Å²) in [6.45, 7) is 2.20. The predicted molar refractivity (Wildman–Crippen MR) is 28.1 cm³/mol. The maximum atomic E-state index is 9.64. The molecule has 0 aliphatic rings. The Bertz CT molecular complexity index is 73.7. The van der Waals surface area contributed by atoms with Gasteiger partial charge in [-0.1, -0.05) is 6.92 Å². The molecule has 0 bridgehead atoms. The molecule has 0 fully saturated rings. The van der Waals surface area contributed by atoms with E-state index in [1.54, 1.807) is 0 Å². The summed E-state index contributed by atoms with van der Waals surface area (Å²) in [4.78, 5) is 4.19. The van der Waals surface area contributed by atoms with Gasteiger partial charge in [0.1, 0.15) is 0 Å². The molecular formula is C3H8O4S. The van der Waals surface area contributed by atoms with Crippen LogP contribution in [0.4, 0.5) is 0 Å². The first-order valence-corrected chi connectivity index (χ1v) is 3.21. The smallest absolute Gasteiger partial charge is 0.282 e. The van der Waals surface area contributed by atoms with Crippen molar-refractivity contribution in [2.75, 3.05) is 6.61 Å². The van der Waals surface area contributed by atoms with Gasteiger partial charge < -0.3 is 0 Å². The molecule has 0 heterocycles. The Labute approximate surface area is 50.2 Å². The van der Waals surface area contributed by atoms with Crippen LogP contribution in [0.2, 0.25) is 0 Å². The lowest BCUT2D eigenvalue weighted by atomic mass is 10.5. The van der Waals surface area contributed by atoms with E-state index in [2.05, 4.69) is 9.22 Å². The number of hydrogen-bond donors (Lipinski definition) is 1. The summed E-state index contributed by atoms with van der Waals surface area (Å²) >= 11 is -2.29. The molecule has 5 heteroatoms. The van der Waals surface area contributed by atoms with Gasteiger partial charge >= 0.3 is 11.4 Å². The average Bonchev–Trinajstić information content (AvgIpc) is 1.66. The molecule has 4 nitrogen and oxygen atoms in total. The van der Waals surface area contributed by atoms with Gasteiger partial charge in [-0.05, 0) is 6.42 Å². The molecule has 0 rings (SSSR count). The minimum absolute atomic E-state index is 0.340. The number of hydrogen-bond acceptors (Lipinski definition) is 3. The quantitative estimate of drug-likeness (QED) is 0.267. The second-order valence-corrected chi connectivity index (χ2v) is 1.68. The second kappa shape index (κ2) is 5.17. The third-order valence-electron chi connectivity index (χ3n) is 0.394. The molecule has 0 aromatic carbocycles. The minimum atomic E-state index is -2.29. The first kappa shape index (κ1) is 8.03. The van der Waals surface area contributed by atoms with E-state index in [0.717, 1.165) is 6.42 Å². The highest BCUT2D eigenvalue weighted by Gasteiger charge is 1.89. The van der Waals surface area contributed by atoms with Gasteiger partial charge in [0.05, 0.1) is 6.61 Å². The van der Waals surface area contributed by atoms with E-state index in [9.17, 15) is 4.21 Å². The molecule has 1 N–H and O–H groups in total. The molecular weight excluding hydrogens is 132 g/mol. The van der Waals surface area contributed by atoms with E-state index in [4.69, 9.17) is 4.55 Å². The summed E-state index contributed by atoms with van der Waals surface area (Å²) in [5.74, 6) is 0. The summed E-state index contributed by atoms with van der Waals surface area (Å²) in [6.07, 6.45) is 0.761. The lowest BCUT2D eigenvalue weighted by Crippen LogP contribution is -1.97. The SMILES string of the molecule is CCCOOS(=O)O. The zero-order valence-electron chi connectivity index (χ0n) is 4.49. The highest BCUT2D eigenvalue weighted by atomic mass is 32.2. The maximum Gasteiger partial charge on any atom is 0.330 e. The van der Waals surface area contributed by atoms with Crippen molar-refractivity contribution in [2.24, 2.45) is 0 Å². The fourth-order valence-corrected chi connectivity index (χ4v) is 0.309. The fourth-order valence-electron chi connectivity index (χ4n) is 0.159. The molecule has 0 radical (unpaired) electrons. The van der Waals surface area contributed by atoms with Crippen LogP contribution in [-0.2, 0) is 20.6 Å². The van der Waals surface area contributed by atoms with Gasteiger partial charge in [-0.2, -0.15) is 4.21 Å². The van der Waals surface area contributed by atoms with Crippen molar-refractivity contribution in [1.82, 2.24) is 0 Å². The Kier molecular flexibility index (Phi) is 5.19. The molecule has 0 saturated heterocycles. The van der Waals surface area contributed by atoms with Crippen LogP contribution in [0.25, 0.3) is 0 Å². The Hall–Kier alpha value is 0.0300. The summed E-state index contributed by atoms with van der Waals surface area (Å²) in [6, 6.07) is 0. The zero-order valence-corrected chi connectivity index (χ0v) is 5.31. The lowest BCUT2D eigenvalue weighted by Gasteiger charge is -1.93. The van der Waals surface area contributed by atoms with E-state index >= 15 is 0 Å². The van der Waals surface area contributed by atoms with Crippen LogP contribution in [0, 0.1) is 0 Å². The molecule has 0 amide bonds. The van der Waals surface area contributed by atoms with Gasteiger partial charge in [-0.3, -0.25) is 4.55 Å². The maximum absolute atomic E-state index is 9.64. The van der Waals surface area contributed by atoms with Crippen molar-refractivity contribution in [2.45, 2.75) is 13.3 Å². The standard InChI is InChI=1S/C3H8O4S/c1-2-3-6-7-8(4)5/h2-3H2,1H3,(H,4,5).